The second kappa shape index (κ2) is 5.03. The third kappa shape index (κ3) is 2.47. The number of aliphatic carboxylic acids is 1. The summed E-state index contributed by atoms with van der Waals surface area (Å²) in [7, 11) is 0. The second-order valence-electron chi connectivity index (χ2n) is 5.38. The van der Waals surface area contributed by atoms with Gasteiger partial charge >= 0.3 is 5.97 Å². The molecule has 104 valence electrons. The summed E-state index contributed by atoms with van der Waals surface area (Å²) in [4.78, 5) is 29.3. The van der Waals surface area contributed by atoms with Crippen molar-refractivity contribution in [2.75, 3.05) is 18.0 Å². The molecule has 2 atom stereocenters. The van der Waals surface area contributed by atoms with Crippen molar-refractivity contribution >= 4 is 11.8 Å². The number of nitrogens with zero attached hydrogens (tertiary/aromatic N) is 3. The minimum Gasteiger partial charge on any atom is -0.481 e. The summed E-state index contributed by atoms with van der Waals surface area (Å²) in [6.07, 6.45) is 3.25. The highest BCUT2D eigenvalue weighted by atomic mass is 16.4. The van der Waals surface area contributed by atoms with Crippen molar-refractivity contribution in [3.63, 3.8) is 0 Å². The molecule has 1 aromatic heterocycles. The SMILES string of the molecule is CC1CN(c2nccn(C(C)C)c2=O)CC1C(=O)O. The Labute approximate surface area is 111 Å². The number of rotatable bonds is 3. The molecule has 19 heavy (non-hydrogen) atoms. The molecule has 2 rings (SSSR count). The Hall–Kier alpha value is -1.85. The highest BCUT2D eigenvalue weighted by Gasteiger charge is 2.36. The summed E-state index contributed by atoms with van der Waals surface area (Å²) in [5, 5.41) is 9.13. The number of anilines is 1. The van der Waals surface area contributed by atoms with Crippen molar-refractivity contribution < 1.29 is 9.90 Å². The quantitative estimate of drug-likeness (QED) is 0.881. The van der Waals surface area contributed by atoms with Gasteiger partial charge in [0.15, 0.2) is 5.82 Å². The van der Waals surface area contributed by atoms with Crippen LogP contribution in [0.4, 0.5) is 5.82 Å². The topological polar surface area (TPSA) is 75.4 Å². The molecule has 2 unspecified atom stereocenters. The van der Waals surface area contributed by atoms with Crippen molar-refractivity contribution in [2.24, 2.45) is 11.8 Å². The van der Waals surface area contributed by atoms with Crippen LogP contribution in [0, 0.1) is 11.8 Å². The molecule has 0 amide bonds. The third-order valence-electron chi connectivity index (χ3n) is 3.64. The molecule has 1 fully saturated rings. The van der Waals surface area contributed by atoms with E-state index >= 15 is 0 Å². The average molecular weight is 265 g/mol. The molecule has 6 nitrogen and oxygen atoms in total. The zero-order valence-corrected chi connectivity index (χ0v) is 11.4. The van der Waals surface area contributed by atoms with Gasteiger partial charge in [0.25, 0.3) is 5.56 Å². The van der Waals surface area contributed by atoms with Crippen molar-refractivity contribution in [1.29, 1.82) is 0 Å². The number of carboxylic acids is 1. The van der Waals surface area contributed by atoms with Crippen LogP contribution in [0.3, 0.4) is 0 Å². The van der Waals surface area contributed by atoms with E-state index in [0.29, 0.717) is 18.9 Å². The van der Waals surface area contributed by atoms with Gasteiger partial charge in [0.05, 0.1) is 5.92 Å². The van der Waals surface area contributed by atoms with E-state index in [0.717, 1.165) is 0 Å². The summed E-state index contributed by atoms with van der Waals surface area (Å²) >= 11 is 0. The highest BCUT2D eigenvalue weighted by molar-refractivity contribution is 5.72. The molecule has 1 aliphatic heterocycles. The van der Waals surface area contributed by atoms with E-state index in [4.69, 9.17) is 5.11 Å². The fraction of sp³-hybridized carbons (Fsp3) is 0.615. The Kier molecular flexibility index (Phi) is 3.59. The predicted molar refractivity (Wildman–Crippen MR) is 71.4 cm³/mol. The van der Waals surface area contributed by atoms with Gasteiger partial charge in [-0.15, -0.1) is 0 Å². The van der Waals surface area contributed by atoms with Crippen LogP contribution in [-0.2, 0) is 4.79 Å². The molecule has 1 N–H and O–H groups in total. The lowest BCUT2D eigenvalue weighted by Gasteiger charge is -2.18. The molecule has 1 aromatic rings. The normalized spacial score (nSPS) is 23.1. The third-order valence-corrected chi connectivity index (χ3v) is 3.64. The maximum absolute atomic E-state index is 12.3. The van der Waals surface area contributed by atoms with Gasteiger partial charge in [0.2, 0.25) is 0 Å². The minimum absolute atomic E-state index is 0.0198. The fourth-order valence-electron chi connectivity index (χ4n) is 2.50. The summed E-state index contributed by atoms with van der Waals surface area (Å²) < 4.78 is 1.61. The average Bonchev–Trinajstić information content (AvgIpc) is 2.71. The second-order valence-corrected chi connectivity index (χ2v) is 5.38. The number of hydrogen-bond acceptors (Lipinski definition) is 4. The summed E-state index contributed by atoms with van der Waals surface area (Å²) in [6, 6.07) is 0.0598. The van der Waals surface area contributed by atoms with Gasteiger partial charge in [0, 0.05) is 31.5 Å². The van der Waals surface area contributed by atoms with Crippen LogP contribution < -0.4 is 10.5 Å². The van der Waals surface area contributed by atoms with Gasteiger partial charge in [-0.3, -0.25) is 9.59 Å². The Morgan fingerprint density at radius 2 is 2.16 bits per heavy atom. The van der Waals surface area contributed by atoms with Crippen LogP contribution in [0.15, 0.2) is 17.2 Å². The standard InChI is InChI=1S/C13H19N3O3/c1-8(2)16-5-4-14-11(12(16)17)15-6-9(3)10(7-15)13(18)19/h4-5,8-10H,6-7H2,1-3H3,(H,18,19). The molecule has 0 aromatic carbocycles. The zero-order chi connectivity index (χ0) is 14.2. The minimum atomic E-state index is -0.810. The molecular formula is C13H19N3O3. The monoisotopic (exact) mass is 265 g/mol. The Morgan fingerprint density at radius 3 is 2.68 bits per heavy atom. The van der Waals surface area contributed by atoms with E-state index in [1.54, 1.807) is 21.9 Å². The van der Waals surface area contributed by atoms with Gasteiger partial charge < -0.3 is 14.6 Å². The van der Waals surface area contributed by atoms with Crippen LogP contribution in [0.2, 0.25) is 0 Å². The van der Waals surface area contributed by atoms with Crippen molar-refractivity contribution in [2.45, 2.75) is 26.8 Å². The van der Waals surface area contributed by atoms with E-state index in [1.807, 2.05) is 20.8 Å². The predicted octanol–water partition coefficient (Wildman–Crippen LogP) is 0.981. The molecule has 1 saturated heterocycles. The van der Waals surface area contributed by atoms with Crippen molar-refractivity contribution in [3.8, 4) is 0 Å². The Morgan fingerprint density at radius 1 is 1.47 bits per heavy atom. The molecular weight excluding hydrogens is 246 g/mol. The van der Waals surface area contributed by atoms with Crippen LogP contribution in [0.1, 0.15) is 26.8 Å². The molecule has 0 radical (unpaired) electrons. The summed E-state index contributed by atoms with van der Waals surface area (Å²) in [5.41, 5.74) is -0.157. The number of aromatic nitrogens is 2. The fourth-order valence-corrected chi connectivity index (χ4v) is 2.50. The molecule has 0 bridgehead atoms. The first-order valence-corrected chi connectivity index (χ1v) is 6.46. The molecule has 0 spiro atoms. The molecule has 0 saturated carbocycles. The van der Waals surface area contributed by atoms with Gasteiger partial charge in [0.1, 0.15) is 0 Å². The van der Waals surface area contributed by atoms with E-state index < -0.39 is 11.9 Å². The first-order valence-electron chi connectivity index (χ1n) is 6.46. The van der Waals surface area contributed by atoms with Gasteiger partial charge in [-0.1, -0.05) is 6.92 Å². The van der Waals surface area contributed by atoms with Crippen LogP contribution in [0.25, 0.3) is 0 Å². The number of carbonyl (C=O) groups is 1. The molecule has 0 aliphatic carbocycles. The smallest absolute Gasteiger partial charge is 0.308 e. The maximum atomic E-state index is 12.3. The van der Waals surface area contributed by atoms with E-state index in [1.165, 1.54) is 0 Å². The number of hydrogen-bond donors (Lipinski definition) is 1. The largest absolute Gasteiger partial charge is 0.481 e. The van der Waals surface area contributed by atoms with Crippen LogP contribution >= 0.6 is 0 Å². The Balaban J connectivity index is 2.32. The number of carboxylic acid groups (broad SMARTS) is 1. The lowest BCUT2D eigenvalue weighted by Crippen LogP contribution is -2.33. The van der Waals surface area contributed by atoms with E-state index in [9.17, 15) is 9.59 Å². The first kappa shape index (κ1) is 13.6. The lowest BCUT2D eigenvalue weighted by molar-refractivity contribution is -0.142. The van der Waals surface area contributed by atoms with Gasteiger partial charge in [-0.05, 0) is 19.8 Å². The lowest BCUT2D eigenvalue weighted by atomic mass is 9.99. The Bertz CT molecular complexity index is 538. The summed E-state index contributed by atoms with van der Waals surface area (Å²) in [6.45, 7) is 6.65. The van der Waals surface area contributed by atoms with Crippen LogP contribution in [-0.4, -0.2) is 33.7 Å². The molecule has 6 heteroatoms. The van der Waals surface area contributed by atoms with E-state index in [2.05, 4.69) is 4.98 Å². The van der Waals surface area contributed by atoms with Crippen molar-refractivity contribution in [3.05, 3.63) is 22.7 Å². The first-order chi connectivity index (χ1) is 8.91. The van der Waals surface area contributed by atoms with E-state index in [-0.39, 0.29) is 17.5 Å². The molecule has 2 heterocycles. The van der Waals surface area contributed by atoms with Crippen molar-refractivity contribution in [1.82, 2.24) is 9.55 Å². The summed E-state index contributed by atoms with van der Waals surface area (Å²) in [5.74, 6) is -0.873. The maximum Gasteiger partial charge on any atom is 0.308 e. The van der Waals surface area contributed by atoms with Gasteiger partial charge in [-0.25, -0.2) is 4.98 Å². The van der Waals surface area contributed by atoms with Gasteiger partial charge in [-0.2, -0.15) is 0 Å². The highest BCUT2D eigenvalue weighted by Crippen LogP contribution is 2.25. The van der Waals surface area contributed by atoms with Crippen LogP contribution in [0.5, 0.6) is 0 Å². The molecule has 1 aliphatic rings. The zero-order valence-electron chi connectivity index (χ0n) is 11.4.